The Hall–Kier alpha value is -1.35. The Kier molecular flexibility index (Phi) is 4.19. The Morgan fingerprint density at radius 2 is 2.05 bits per heavy atom. The van der Waals surface area contributed by atoms with E-state index >= 15 is 0 Å². The van der Waals surface area contributed by atoms with Crippen LogP contribution in [0.15, 0.2) is 35.5 Å². The number of hydrogen-bond acceptors (Lipinski definition) is 2. The van der Waals surface area contributed by atoms with Gasteiger partial charge in [0.2, 0.25) is 5.91 Å². The third kappa shape index (κ3) is 2.59. The molecule has 3 atom stereocenters. The van der Waals surface area contributed by atoms with Crippen molar-refractivity contribution in [3.8, 4) is 0 Å². The molecule has 0 aromatic heterocycles. The van der Waals surface area contributed by atoms with E-state index in [-0.39, 0.29) is 5.91 Å². The Bertz CT molecular complexity index is 487. The van der Waals surface area contributed by atoms with Crippen LogP contribution in [0.2, 0.25) is 0 Å². The van der Waals surface area contributed by atoms with Crippen molar-refractivity contribution in [3.63, 3.8) is 0 Å². The van der Waals surface area contributed by atoms with Crippen LogP contribution in [0.5, 0.6) is 0 Å². The molecule has 2 rings (SSSR count). The van der Waals surface area contributed by atoms with Crippen LogP contribution in [-0.4, -0.2) is 36.1 Å². The molecule has 3 heteroatoms. The zero-order valence-electron chi connectivity index (χ0n) is 12.9. The number of rotatable bonds is 2. The number of hydrogen-bond donors (Lipinski definition) is 1. The van der Waals surface area contributed by atoms with Gasteiger partial charge in [0.1, 0.15) is 0 Å². The van der Waals surface area contributed by atoms with E-state index in [1.54, 1.807) is 19.0 Å². The van der Waals surface area contributed by atoms with Crippen molar-refractivity contribution < 1.29 is 9.90 Å². The molecule has 0 aromatic carbocycles. The van der Waals surface area contributed by atoms with Crippen LogP contribution in [0.1, 0.15) is 33.1 Å². The van der Waals surface area contributed by atoms with E-state index in [1.807, 2.05) is 31.2 Å². The van der Waals surface area contributed by atoms with E-state index in [4.69, 9.17) is 0 Å². The molecule has 3 nitrogen and oxygen atoms in total. The second kappa shape index (κ2) is 5.57. The lowest BCUT2D eigenvalue weighted by molar-refractivity contribution is -0.133. The summed E-state index contributed by atoms with van der Waals surface area (Å²) in [6.07, 6.45) is 10.5. The summed E-state index contributed by atoms with van der Waals surface area (Å²) in [5.74, 6) is 0.395. The summed E-state index contributed by atoms with van der Waals surface area (Å²) in [6.45, 7) is 4.04. The lowest BCUT2D eigenvalue weighted by Crippen LogP contribution is -2.35. The lowest BCUT2D eigenvalue weighted by Gasteiger charge is -2.29. The number of allylic oxidation sites excluding steroid dienone is 2. The normalized spacial score (nSPS) is 32.9. The van der Waals surface area contributed by atoms with Crippen LogP contribution in [0, 0.1) is 11.3 Å². The van der Waals surface area contributed by atoms with Gasteiger partial charge in [0.15, 0.2) is 0 Å². The van der Waals surface area contributed by atoms with Gasteiger partial charge in [-0.1, -0.05) is 37.6 Å². The van der Waals surface area contributed by atoms with E-state index in [1.165, 1.54) is 5.57 Å². The summed E-state index contributed by atoms with van der Waals surface area (Å²) < 4.78 is 0. The molecule has 0 radical (unpaired) electrons. The second-order valence-corrected chi connectivity index (χ2v) is 6.28. The van der Waals surface area contributed by atoms with Crippen molar-refractivity contribution in [2.45, 2.75) is 39.2 Å². The highest BCUT2D eigenvalue weighted by atomic mass is 16.3. The fraction of sp³-hybridized carbons (Fsp3) is 0.588. The molecule has 0 saturated heterocycles. The number of carbonyl (C=O) groups excluding carboxylic acids is 1. The van der Waals surface area contributed by atoms with Crippen molar-refractivity contribution in [3.05, 3.63) is 35.5 Å². The van der Waals surface area contributed by atoms with Crippen molar-refractivity contribution in [2.24, 2.45) is 11.3 Å². The first kappa shape index (κ1) is 15.0. The van der Waals surface area contributed by atoms with Crippen molar-refractivity contribution in [2.75, 3.05) is 14.1 Å². The largest absolute Gasteiger partial charge is 0.388 e. The highest BCUT2D eigenvalue weighted by molar-refractivity contribution is 5.86. The molecule has 1 amide bonds. The van der Waals surface area contributed by atoms with Crippen LogP contribution < -0.4 is 0 Å². The van der Waals surface area contributed by atoms with E-state index in [9.17, 15) is 9.90 Å². The number of amides is 1. The van der Waals surface area contributed by atoms with E-state index in [0.717, 1.165) is 24.8 Å². The fourth-order valence-corrected chi connectivity index (χ4v) is 3.12. The molecular formula is C17H25NO2. The highest BCUT2D eigenvalue weighted by Crippen LogP contribution is 2.37. The van der Waals surface area contributed by atoms with Gasteiger partial charge in [-0.05, 0) is 36.8 Å². The van der Waals surface area contributed by atoms with Crippen molar-refractivity contribution in [1.82, 2.24) is 4.90 Å². The topological polar surface area (TPSA) is 40.5 Å². The molecule has 2 aliphatic carbocycles. The molecule has 0 bridgehead atoms. The third-order valence-electron chi connectivity index (χ3n) is 4.55. The first-order chi connectivity index (χ1) is 9.39. The molecule has 0 heterocycles. The zero-order chi connectivity index (χ0) is 14.9. The van der Waals surface area contributed by atoms with Gasteiger partial charge in [-0.15, -0.1) is 0 Å². The van der Waals surface area contributed by atoms with Gasteiger partial charge in [-0.2, -0.15) is 0 Å². The van der Waals surface area contributed by atoms with Crippen molar-refractivity contribution >= 4 is 5.91 Å². The van der Waals surface area contributed by atoms with E-state index in [0.29, 0.717) is 5.92 Å². The van der Waals surface area contributed by atoms with Crippen LogP contribution in [-0.2, 0) is 4.79 Å². The maximum absolute atomic E-state index is 12.3. The first-order valence-electron chi connectivity index (χ1n) is 7.40. The van der Waals surface area contributed by atoms with E-state index < -0.39 is 11.5 Å². The zero-order valence-corrected chi connectivity index (χ0v) is 12.9. The minimum Gasteiger partial charge on any atom is -0.388 e. The van der Waals surface area contributed by atoms with Crippen LogP contribution >= 0.6 is 0 Å². The Balaban J connectivity index is 2.33. The van der Waals surface area contributed by atoms with Crippen LogP contribution in [0.3, 0.4) is 0 Å². The molecule has 1 N–H and O–H groups in total. The Labute approximate surface area is 121 Å². The maximum Gasteiger partial charge on any atom is 0.235 e. The highest BCUT2D eigenvalue weighted by Gasteiger charge is 2.33. The predicted molar refractivity (Wildman–Crippen MR) is 81.1 cm³/mol. The summed E-state index contributed by atoms with van der Waals surface area (Å²) in [5.41, 5.74) is 1.55. The van der Waals surface area contributed by atoms with E-state index in [2.05, 4.69) is 6.92 Å². The van der Waals surface area contributed by atoms with Gasteiger partial charge in [0, 0.05) is 14.1 Å². The van der Waals surface area contributed by atoms with Gasteiger partial charge in [-0.25, -0.2) is 0 Å². The maximum atomic E-state index is 12.3. The minimum atomic E-state index is -0.623. The van der Waals surface area contributed by atoms with Crippen LogP contribution in [0.25, 0.3) is 0 Å². The standard InChI is InChI=1S/C17H25NO2/c1-5-12-6-7-13-8-10-17(2,16(20)18(3)4)11-9-14(13)15(12)19/h8-12,15,19H,5-7H2,1-4H3. The lowest BCUT2D eigenvalue weighted by atomic mass is 9.80. The smallest absolute Gasteiger partial charge is 0.235 e. The van der Waals surface area contributed by atoms with Crippen LogP contribution in [0.4, 0.5) is 0 Å². The summed E-state index contributed by atoms with van der Waals surface area (Å²) >= 11 is 0. The SMILES string of the molecule is CCC1CCC2=C(C=CC(C)(C(=O)N(C)C)C=C2)C1O. The molecule has 110 valence electrons. The summed E-state index contributed by atoms with van der Waals surface area (Å²) in [4.78, 5) is 13.9. The quantitative estimate of drug-likeness (QED) is 0.841. The monoisotopic (exact) mass is 275 g/mol. The van der Waals surface area contributed by atoms with Gasteiger partial charge in [0.25, 0.3) is 0 Å². The average molecular weight is 275 g/mol. The third-order valence-corrected chi connectivity index (χ3v) is 4.55. The molecule has 0 aromatic rings. The molecule has 0 aliphatic heterocycles. The molecule has 3 unspecified atom stereocenters. The number of aliphatic hydroxyl groups excluding tert-OH is 1. The van der Waals surface area contributed by atoms with Crippen molar-refractivity contribution in [1.29, 1.82) is 0 Å². The summed E-state index contributed by atoms with van der Waals surface area (Å²) in [6, 6.07) is 0. The average Bonchev–Trinajstić information content (AvgIpc) is 2.59. The number of aliphatic hydroxyl groups is 1. The molecule has 0 spiro atoms. The van der Waals surface area contributed by atoms with Gasteiger partial charge < -0.3 is 10.0 Å². The summed E-state index contributed by atoms with van der Waals surface area (Å²) in [5, 5.41) is 10.5. The second-order valence-electron chi connectivity index (χ2n) is 6.28. The molecule has 20 heavy (non-hydrogen) atoms. The Morgan fingerprint density at radius 1 is 1.40 bits per heavy atom. The predicted octanol–water partition coefficient (Wildman–Crippen LogP) is 2.68. The number of carbonyl (C=O) groups is 1. The molecular weight excluding hydrogens is 250 g/mol. The number of nitrogens with zero attached hydrogens (tertiary/aromatic N) is 1. The molecule has 2 aliphatic rings. The van der Waals surface area contributed by atoms with Gasteiger partial charge in [0.05, 0.1) is 11.5 Å². The first-order valence-corrected chi connectivity index (χ1v) is 7.40. The van der Waals surface area contributed by atoms with Gasteiger partial charge in [-0.3, -0.25) is 4.79 Å². The fourth-order valence-electron chi connectivity index (χ4n) is 3.12. The molecule has 0 fully saturated rings. The minimum absolute atomic E-state index is 0.0615. The van der Waals surface area contributed by atoms with Gasteiger partial charge >= 0.3 is 0 Å². The summed E-state index contributed by atoms with van der Waals surface area (Å²) in [7, 11) is 3.55. The molecule has 0 saturated carbocycles. The Morgan fingerprint density at radius 3 is 2.65 bits per heavy atom.